The molecule has 2 aromatic rings. The Morgan fingerprint density at radius 2 is 2.15 bits per heavy atom. The molecule has 0 aliphatic carbocycles. The van der Waals surface area contributed by atoms with Crippen LogP contribution >= 0.6 is 0 Å². The Labute approximate surface area is 115 Å². The fraction of sp³-hybridized carbons (Fsp3) is 0.0909. The Hall–Kier alpha value is -2.39. The summed E-state index contributed by atoms with van der Waals surface area (Å²) in [5, 5.41) is 11.7. The minimum absolute atomic E-state index is 0.0188. The summed E-state index contributed by atoms with van der Waals surface area (Å²) in [5.41, 5.74) is 5.42. The highest BCUT2D eigenvalue weighted by Gasteiger charge is 2.21. The van der Waals surface area contributed by atoms with Crippen LogP contribution in [0.2, 0.25) is 0 Å². The molecule has 0 atom stereocenters. The van der Waals surface area contributed by atoms with Gasteiger partial charge in [0, 0.05) is 0 Å². The van der Waals surface area contributed by atoms with E-state index in [-0.39, 0.29) is 16.3 Å². The maximum absolute atomic E-state index is 11.7. The third kappa shape index (κ3) is 2.36. The summed E-state index contributed by atoms with van der Waals surface area (Å²) in [5.74, 6) is -0.0503. The van der Waals surface area contributed by atoms with E-state index in [9.17, 15) is 18.4 Å². The van der Waals surface area contributed by atoms with Crippen molar-refractivity contribution >= 4 is 16.1 Å². The van der Waals surface area contributed by atoms with Crippen LogP contribution in [0.15, 0.2) is 41.6 Å². The van der Waals surface area contributed by atoms with Crippen molar-refractivity contribution in [2.24, 2.45) is 5.73 Å². The number of amides is 1. The third-order valence-electron chi connectivity index (χ3n) is 2.70. The molecular formula is C11H12N4O4S. The standard InChI is InChI=1S/C11H12N4O4S/c1-13-20(18,19)9-4-2-3-8(7-9)10-14(11(12)16)5-6-15(10)17/h2-7,13H,1H3,(H2,12,16). The van der Waals surface area contributed by atoms with E-state index in [1.807, 2.05) is 0 Å². The van der Waals surface area contributed by atoms with Gasteiger partial charge in [-0.15, -0.1) is 4.57 Å². The van der Waals surface area contributed by atoms with E-state index in [1.54, 1.807) is 0 Å². The molecule has 106 valence electrons. The van der Waals surface area contributed by atoms with Gasteiger partial charge in [-0.05, 0) is 25.2 Å². The molecule has 1 aromatic heterocycles. The molecule has 1 amide bonds. The summed E-state index contributed by atoms with van der Waals surface area (Å²) in [7, 11) is -2.36. The number of nitrogens with one attached hydrogen (secondary N) is 1. The van der Waals surface area contributed by atoms with Crippen LogP contribution < -0.4 is 15.2 Å². The van der Waals surface area contributed by atoms with Gasteiger partial charge in [-0.1, -0.05) is 6.07 Å². The van der Waals surface area contributed by atoms with Gasteiger partial charge < -0.3 is 10.9 Å². The van der Waals surface area contributed by atoms with Crippen LogP contribution in [-0.4, -0.2) is 26.1 Å². The fourth-order valence-corrected chi connectivity index (χ4v) is 2.51. The second-order valence-electron chi connectivity index (χ2n) is 3.89. The highest BCUT2D eigenvalue weighted by molar-refractivity contribution is 7.89. The van der Waals surface area contributed by atoms with Gasteiger partial charge in [-0.2, -0.15) is 0 Å². The maximum atomic E-state index is 11.7. The molecule has 2 rings (SSSR count). The van der Waals surface area contributed by atoms with Crippen LogP contribution in [-0.2, 0) is 10.0 Å². The quantitative estimate of drug-likeness (QED) is 0.592. The SMILES string of the molecule is CNS(=O)(=O)c1cccc(-c2n(C(N)=O)cc[n+]2[O-])c1. The minimum atomic E-state index is -3.64. The molecule has 8 nitrogen and oxygen atoms in total. The summed E-state index contributed by atoms with van der Waals surface area (Å²) < 4.78 is 27.0. The van der Waals surface area contributed by atoms with Gasteiger partial charge in [0.05, 0.1) is 10.5 Å². The van der Waals surface area contributed by atoms with Crippen molar-refractivity contribution in [3.63, 3.8) is 0 Å². The zero-order valence-corrected chi connectivity index (χ0v) is 11.3. The molecule has 0 radical (unpaired) electrons. The Balaban J connectivity index is 2.64. The molecule has 0 saturated carbocycles. The van der Waals surface area contributed by atoms with Gasteiger partial charge in [0.2, 0.25) is 10.0 Å². The number of imidazole rings is 1. The molecular weight excluding hydrogens is 284 g/mol. The largest absolute Gasteiger partial charge is 0.710 e. The van der Waals surface area contributed by atoms with Crippen molar-refractivity contribution in [1.29, 1.82) is 0 Å². The number of nitrogens with zero attached hydrogens (tertiary/aromatic N) is 2. The number of carbonyl (C=O) groups excluding carboxylic acids is 1. The number of nitrogens with two attached hydrogens (primary N) is 1. The number of sulfonamides is 1. The predicted octanol–water partition coefficient (Wildman–Crippen LogP) is -0.377. The third-order valence-corrected chi connectivity index (χ3v) is 4.11. The highest BCUT2D eigenvalue weighted by Crippen LogP contribution is 2.19. The van der Waals surface area contributed by atoms with Crippen molar-refractivity contribution in [1.82, 2.24) is 9.29 Å². The zero-order valence-electron chi connectivity index (χ0n) is 10.5. The first kappa shape index (κ1) is 14.0. The van der Waals surface area contributed by atoms with E-state index in [1.165, 1.54) is 37.5 Å². The van der Waals surface area contributed by atoms with Crippen molar-refractivity contribution in [3.05, 3.63) is 41.9 Å². The van der Waals surface area contributed by atoms with Gasteiger partial charge in [-0.25, -0.2) is 22.7 Å². The van der Waals surface area contributed by atoms with Gasteiger partial charge in [-0.3, -0.25) is 0 Å². The first-order valence-corrected chi connectivity index (χ1v) is 6.99. The Morgan fingerprint density at radius 1 is 1.45 bits per heavy atom. The normalized spacial score (nSPS) is 11.4. The lowest BCUT2D eigenvalue weighted by Crippen LogP contribution is -2.30. The molecule has 0 unspecified atom stereocenters. The van der Waals surface area contributed by atoms with Gasteiger partial charge in [0.15, 0.2) is 0 Å². The molecule has 1 aromatic carbocycles. The number of benzene rings is 1. The van der Waals surface area contributed by atoms with E-state index in [0.29, 0.717) is 4.73 Å². The maximum Gasteiger partial charge on any atom is 0.411 e. The van der Waals surface area contributed by atoms with Crippen molar-refractivity contribution in [2.75, 3.05) is 7.05 Å². The fourth-order valence-electron chi connectivity index (χ4n) is 1.74. The van der Waals surface area contributed by atoms with Crippen LogP contribution in [0, 0.1) is 5.21 Å². The molecule has 3 N–H and O–H groups in total. The number of hydrogen-bond acceptors (Lipinski definition) is 4. The van der Waals surface area contributed by atoms with E-state index in [2.05, 4.69) is 4.72 Å². The van der Waals surface area contributed by atoms with Crippen molar-refractivity contribution in [3.8, 4) is 11.4 Å². The van der Waals surface area contributed by atoms with Gasteiger partial charge in [0.25, 0.3) is 0 Å². The van der Waals surface area contributed by atoms with Crippen molar-refractivity contribution in [2.45, 2.75) is 4.90 Å². The first-order valence-electron chi connectivity index (χ1n) is 5.51. The Morgan fingerprint density at radius 3 is 2.75 bits per heavy atom. The number of rotatable bonds is 3. The Kier molecular flexibility index (Phi) is 3.47. The van der Waals surface area contributed by atoms with Gasteiger partial charge >= 0.3 is 11.9 Å². The second-order valence-corrected chi connectivity index (χ2v) is 5.78. The molecule has 0 fully saturated rings. The van der Waals surface area contributed by atoms with E-state index >= 15 is 0 Å². The van der Waals surface area contributed by atoms with Crippen LogP contribution in [0.5, 0.6) is 0 Å². The number of carbonyl (C=O) groups is 1. The molecule has 20 heavy (non-hydrogen) atoms. The average molecular weight is 296 g/mol. The lowest BCUT2D eigenvalue weighted by Gasteiger charge is -2.06. The minimum Gasteiger partial charge on any atom is -0.710 e. The molecule has 0 aliphatic rings. The van der Waals surface area contributed by atoms with Crippen LogP contribution in [0.3, 0.4) is 0 Å². The predicted molar refractivity (Wildman–Crippen MR) is 70.1 cm³/mol. The van der Waals surface area contributed by atoms with Crippen LogP contribution in [0.25, 0.3) is 11.4 Å². The van der Waals surface area contributed by atoms with E-state index < -0.39 is 16.1 Å². The first-order chi connectivity index (χ1) is 9.36. The molecule has 0 saturated heterocycles. The molecule has 9 heteroatoms. The monoisotopic (exact) mass is 296 g/mol. The smallest absolute Gasteiger partial charge is 0.411 e. The number of primary amides is 1. The summed E-state index contributed by atoms with van der Waals surface area (Å²) in [4.78, 5) is 11.2. The van der Waals surface area contributed by atoms with Gasteiger partial charge in [0.1, 0.15) is 12.4 Å². The molecule has 0 aliphatic heterocycles. The molecule has 0 spiro atoms. The summed E-state index contributed by atoms with van der Waals surface area (Å²) in [6.45, 7) is 0. The van der Waals surface area contributed by atoms with Crippen LogP contribution in [0.1, 0.15) is 0 Å². The summed E-state index contributed by atoms with van der Waals surface area (Å²) in [6.07, 6.45) is 2.32. The number of hydrogen-bond donors (Lipinski definition) is 2. The lowest BCUT2D eigenvalue weighted by molar-refractivity contribution is -0.592. The zero-order chi connectivity index (χ0) is 14.9. The van der Waals surface area contributed by atoms with Crippen LogP contribution in [0.4, 0.5) is 4.79 Å². The molecule has 1 heterocycles. The lowest BCUT2D eigenvalue weighted by atomic mass is 10.2. The average Bonchev–Trinajstić information content (AvgIpc) is 2.81. The molecule has 0 bridgehead atoms. The summed E-state index contributed by atoms with van der Waals surface area (Å²) in [6, 6.07) is 4.81. The highest BCUT2D eigenvalue weighted by atomic mass is 32.2. The topological polar surface area (TPSA) is 121 Å². The number of aromatic nitrogens is 2. The van der Waals surface area contributed by atoms with Crippen molar-refractivity contribution < 1.29 is 17.9 Å². The van der Waals surface area contributed by atoms with E-state index in [4.69, 9.17) is 5.73 Å². The second kappa shape index (κ2) is 4.94. The Bertz CT molecular complexity index is 766. The summed E-state index contributed by atoms with van der Waals surface area (Å²) >= 11 is 0. The van der Waals surface area contributed by atoms with E-state index in [0.717, 1.165) is 10.8 Å².